The Morgan fingerprint density at radius 3 is 2.50 bits per heavy atom. The number of hydrogen-bond donors (Lipinski definition) is 3. The lowest BCUT2D eigenvalue weighted by molar-refractivity contribution is 0.0920. The molecule has 0 fully saturated rings. The van der Waals surface area contributed by atoms with Gasteiger partial charge in [0.25, 0.3) is 0 Å². The van der Waals surface area contributed by atoms with E-state index in [9.17, 15) is 10.2 Å². The van der Waals surface area contributed by atoms with E-state index in [0.29, 0.717) is 6.54 Å². The van der Waals surface area contributed by atoms with Gasteiger partial charge in [-0.05, 0) is 17.7 Å². The molecule has 0 bridgehead atoms. The van der Waals surface area contributed by atoms with Gasteiger partial charge in [0.05, 0.1) is 18.8 Å². The van der Waals surface area contributed by atoms with Crippen LogP contribution in [0.4, 0.5) is 0 Å². The quantitative estimate of drug-likeness (QED) is 0.697. The SMILES string of the molecule is C=CCN[C@@H](CO)[C@H](O)c1ccc(Br)cc1. The van der Waals surface area contributed by atoms with Crippen LogP contribution in [0.25, 0.3) is 0 Å². The molecule has 2 atom stereocenters. The molecule has 0 saturated carbocycles. The maximum Gasteiger partial charge on any atom is 0.0965 e. The first-order chi connectivity index (χ1) is 7.69. The van der Waals surface area contributed by atoms with Crippen LogP contribution in [0.1, 0.15) is 11.7 Å². The van der Waals surface area contributed by atoms with Gasteiger partial charge in [-0.3, -0.25) is 0 Å². The van der Waals surface area contributed by atoms with Gasteiger partial charge in [0.2, 0.25) is 0 Å². The van der Waals surface area contributed by atoms with Crippen molar-refractivity contribution < 1.29 is 10.2 Å². The molecule has 0 amide bonds. The van der Waals surface area contributed by atoms with Gasteiger partial charge < -0.3 is 15.5 Å². The van der Waals surface area contributed by atoms with Gasteiger partial charge >= 0.3 is 0 Å². The molecule has 0 aliphatic rings. The van der Waals surface area contributed by atoms with Crippen LogP contribution in [0.3, 0.4) is 0 Å². The second kappa shape index (κ2) is 6.81. The molecule has 88 valence electrons. The molecule has 1 rings (SSSR count). The lowest BCUT2D eigenvalue weighted by atomic mass is 10.0. The van der Waals surface area contributed by atoms with E-state index in [1.807, 2.05) is 24.3 Å². The van der Waals surface area contributed by atoms with E-state index in [-0.39, 0.29) is 12.6 Å². The number of aliphatic hydroxyl groups is 2. The fourth-order valence-electron chi connectivity index (χ4n) is 1.40. The smallest absolute Gasteiger partial charge is 0.0965 e. The molecule has 0 heterocycles. The summed E-state index contributed by atoms with van der Waals surface area (Å²) in [6.07, 6.45) is 0.967. The Bertz CT molecular complexity index is 326. The molecule has 16 heavy (non-hydrogen) atoms. The van der Waals surface area contributed by atoms with Crippen LogP contribution >= 0.6 is 15.9 Å². The standard InChI is InChI=1S/C12H16BrNO2/c1-2-7-14-11(8-15)12(16)9-3-5-10(13)6-4-9/h2-6,11-12,14-16H,1,7-8H2/t11-,12+/m0/s1. The van der Waals surface area contributed by atoms with E-state index in [4.69, 9.17) is 0 Å². The monoisotopic (exact) mass is 285 g/mol. The fraction of sp³-hybridized carbons (Fsp3) is 0.333. The maximum atomic E-state index is 10.0. The zero-order valence-corrected chi connectivity index (χ0v) is 10.5. The minimum Gasteiger partial charge on any atom is -0.395 e. The van der Waals surface area contributed by atoms with E-state index >= 15 is 0 Å². The molecular weight excluding hydrogens is 270 g/mol. The third-order valence-corrected chi connectivity index (χ3v) is 2.84. The molecule has 3 N–H and O–H groups in total. The summed E-state index contributed by atoms with van der Waals surface area (Å²) in [6.45, 7) is 4.01. The molecule has 3 nitrogen and oxygen atoms in total. The van der Waals surface area contributed by atoms with Crippen LogP contribution in [0, 0.1) is 0 Å². The fourth-order valence-corrected chi connectivity index (χ4v) is 1.67. The molecule has 0 aromatic heterocycles. The van der Waals surface area contributed by atoms with E-state index in [2.05, 4.69) is 27.8 Å². The Labute approximate surface area is 104 Å². The van der Waals surface area contributed by atoms with Crippen molar-refractivity contribution in [2.45, 2.75) is 12.1 Å². The molecular formula is C12H16BrNO2. The Kier molecular flexibility index (Phi) is 5.69. The predicted molar refractivity (Wildman–Crippen MR) is 68.2 cm³/mol. The van der Waals surface area contributed by atoms with Crippen LogP contribution < -0.4 is 5.32 Å². The highest BCUT2D eigenvalue weighted by molar-refractivity contribution is 9.10. The minimum absolute atomic E-state index is 0.120. The maximum absolute atomic E-state index is 10.0. The van der Waals surface area contributed by atoms with Gasteiger partial charge in [0, 0.05) is 11.0 Å². The zero-order valence-electron chi connectivity index (χ0n) is 8.94. The number of hydrogen-bond acceptors (Lipinski definition) is 3. The number of aliphatic hydroxyl groups excluding tert-OH is 2. The van der Waals surface area contributed by atoms with Crippen molar-refractivity contribution in [1.82, 2.24) is 5.32 Å². The van der Waals surface area contributed by atoms with Crippen LogP contribution in [0.2, 0.25) is 0 Å². The molecule has 0 saturated heterocycles. The summed E-state index contributed by atoms with van der Waals surface area (Å²) in [5, 5.41) is 22.2. The largest absolute Gasteiger partial charge is 0.395 e. The molecule has 1 aromatic carbocycles. The molecule has 0 aliphatic heterocycles. The van der Waals surface area contributed by atoms with Crippen molar-refractivity contribution in [3.05, 3.63) is 47.0 Å². The second-order valence-corrected chi connectivity index (χ2v) is 4.40. The van der Waals surface area contributed by atoms with Gasteiger partial charge in [0.15, 0.2) is 0 Å². The predicted octanol–water partition coefficient (Wildman–Crippen LogP) is 1.62. The zero-order chi connectivity index (χ0) is 12.0. The van der Waals surface area contributed by atoms with Gasteiger partial charge in [-0.25, -0.2) is 0 Å². The van der Waals surface area contributed by atoms with Gasteiger partial charge in [-0.1, -0.05) is 34.1 Å². The Morgan fingerprint density at radius 2 is 2.00 bits per heavy atom. The van der Waals surface area contributed by atoms with Crippen molar-refractivity contribution in [2.24, 2.45) is 0 Å². The van der Waals surface area contributed by atoms with Crippen molar-refractivity contribution in [1.29, 1.82) is 0 Å². The summed E-state index contributed by atoms with van der Waals surface area (Å²) >= 11 is 3.33. The first kappa shape index (κ1) is 13.4. The first-order valence-electron chi connectivity index (χ1n) is 5.07. The Hall–Kier alpha value is -0.680. The highest BCUT2D eigenvalue weighted by Gasteiger charge is 2.18. The second-order valence-electron chi connectivity index (χ2n) is 3.48. The molecule has 0 aliphatic carbocycles. The average molecular weight is 286 g/mol. The summed E-state index contributed by atoms with van der Waals surface area (Å²) in [6, 6.07) is 7.00. The minimum atomic E-state index is -0.724. The molecule has 1 aromatic rings. The summed E-state index contributed by atoms with van der Waals surface area (Å²) < 4.78 is 0.961. The highest BCUT2D eigenvalue weighted by Crippen LogP contribution is 2.19. The normalized spacial score (nSPS) is 14.4. The topological polar surface area (TPSA) is 52.5 Å². The third kappa shape index (κ3) is 3.72. The van der Waals surface area contributed by atoms with Crippen LogP contribution in [-0.4, -0.2) is 29.4 Å². The summed E-state index contributed by atoms with van der Waals surface area (Å²) in [5.74, 6) is 0. The van der Waals surface area contributed by atoms with E-state index < -0.39 is 6.10 Å². The van der Waals surface area contributed by atoms with E-state index in [0.717, 1.165) is 10.0 Å². The van der Waals surface area contributed by atoms with E-state index in [1.165, 1.54) is 0 Å². The van der Waals surface area contributed by atoms with Crippen molar-refractivity contribution in [2.75, 3.05) is 13.2 Å². The van der Waals surface area contributed by atoms with Gasteiger partial charge in [-0.15, -0.1) is 6.58 Å². The molecule has 0 spiro atoms. The number of rotatable bonds is 6. The third-order valence-electron chi connectivity index (χ3n) is 2.31. The van der Waals surface area contributed by atoms with Gasteiger partial charge in [0.1, 0.15) is 0 Å². The van der Waals surface area contributed by atoms with Crippen molar-refractivity contribution in [3.63, 3.8) is 0 Å². The number of halogens is 1. The highest BCUT2D eigenvalue weighted by atomic mass is 79.9. The van der Waals surface area contributed by atoms with Crippen LogP contribution in [0.5, 0.6) is 0 Å². The molecule has 0 unspecified atom stereocenters. The van der Waals surface area contributed by atoms with Crippen LogP contribution in [0.15, 0.2) is 41.4 Å². The lowest BCUT2D eigenvalue weighted by Crippen LogP contribution is -2.38. The van der Waals surface area contributed by atoms with Crippen molar-refractivity contribution in [3.8, 4) is 0 Å². The van der Waals surface area contributed by atoms with Gasteiger partial charge in [-0.2, -0.15) is 0 Å². The summed E-state index contributed by atoms with van der Waals surface area (Å²) in [4.78, 5) is 0. The average Bonchev–Trinajstić information content (AvgIpc) is 2.30. The first-order valence-corrected chi connectivity index (χ1v) is 5.87. The lowest BCUT2D eigenvalue weighted by Gasteiger charge is -2.22. The Balaban J connectivity index is 2.69. The number of nitrogens with one attached hydrogen (secondary N) is 1. The van der Waals surface area contributed by atoms with E-state index in [1.54, 1.807) is 6.08 Å². The number of benzene rings is 1. The van der Waals surface area contributed by atoms with Crippen molar-refractivity contribution >= 4 is 15.9 Å². The molecule has 0 radical (unpaired) electrons. The summed E-state index contributed by atoms with van der Waals surface area (Å²) in [7, 11) is 0. The van der Waals surface area contributed by atoms with Crippen LogP contribution in [-0.2, 0) is 0 Å². The summed E-state index contributed by atoms with van der Waals surface area (Å²) in [5.41, 5.74) is 0.777. The molecule has 4 heteroatoms. The Morgan fingerprint density at radius 1 is 1.38 bits per heavy atom.